The number of rotatable bonds is 9. The Morgan fingerprint density at radius 3 is 1.95 bits per heavy atom. The van der Waals surface area contributed by atoms with Crippen LogP contribution in [-0.2, 0) is 6.42 Å². The van der Waals surface area contributed by atoms with Gasteiger partial charge in [0.2, 0.25) is 0 Å². The van der Waals surface area contributed by atoms with Crippen LogP contribution in [0.3, 0.4) is 0 Å². The van der Waals surface area contributed by atoms with Gasteiger partial charge in [0.15, 0.2) is 0 Å². The summed E-state index contributed by atoms with van der Waals surface area (Å²) in [4.78, 5) is 2.40. The summed E-state index contributed by atoms with van der Waals surface area (Å²) in [5.74, 6) is 0. The van der Waals surface area contributed by atoms with Gasteiger partial charge in [0.1, 0.15) is 0 Å². The van der Waals surface area contributed by atoms with Gasteiger partial charge < -0.3 is 10.2 Å². The number of benzene rings is 1. The monoisotopic (exact) mass is 290 g/mol. The molecule has 0 spiro atoms. The average Bonchev–Trinajstić information content (AvgIpc) is 2.49. The molecule has 1 atom stereocenters. The SMILES string of the molecule is CCCc1ccc(C(NCC)C(CC)(CC)N(C)C)cc1. The fourth-order valence-corrected chi connectivity index (χ4v) is 3.54. The summed E-state index contributed by atoms with van der Waals surface area (Å²) in [6.07, 6.45) is 4.67. The molecule has 0 amide bonds. The van der Waals surface area contributed by atoms with E-state index in [1.807, 2.05) is 0 Å². The highest BCUT2D eigenvalue weighted by molar-refractivity contribution is 5.28. The number of nitrogens with zero attached hydrogens (tertiary/aromatic N) is 1. The first-order chi connectivity index (χ1) is 10.1. The Morgan fingerprint density at radius 1 is 1.00 bits per heavy atom. The molecule has 1 rings (SSSR count). The van der Waals surface area contributed by atoms with Crippen molar-refractivity contribution < 1.29 is 0 Å². The molecule has 0 bridgehead atoms. The molecule has 120 valence electrons. The predicted octanol–water partition coefficient (Wildman–Crippen LogP) is 4.41. The van der Waals surface area contributed by atoms with Crippen molar-refractivity contribution in [1.82, 2.24) is 10.2 Å². The minimum Gasteiger partial charge on any atom is -0.309 e. The zero-order chi connectivity index (χ0) is 15.9. The van der Waals surface area contributed by atoms with Crippen LogP contribution in [0.15, 0.2) is 24.3 Å². The summed E-state index contributed by atoms with van der Waals surface area (Å²) in [6, 6.07) is 9.62. The van der Waals surface area contributed by atoms with E-state index in [9.17, 15) is 0 Å². The van der Waals surface area contributed by atoms with Crippen LogP contribution >= 0.6 is 0 Å². The van der Waals surface area contributed by atoms with Crippen LogP contribution in [0.25, 0.3) is 0 Å². The first-order valence-electron chi connectivity index (χ1n) is 8.55. The molecule has 1 aromatic carbocycles. The molecule has 0 aliphatic rings. The Labute approximate surface area is 131 Å². The van der Waals surface area contributed by atoms with Crippen LogP contribution in [-0.4, -0.2) is 31.1 Å². The second-order valence-corrected chi connectivity index (χ2v) is 6.19. The van der Waals surface area contributed by atoms with E-state index in [4.69, 9.17) is 0 Å². The van der Waals surface area contributed by atoms with Crippen molar-refractivity contribution in [2.45, 2.75) is 65.0 Å². The first-order valence-corrected chi connectivity index (χ1v) is 8.55. The molecular formula is C19H34N2. The maximum absolute atomic E-state index is 3.73. The van der Waals surface area contributed by atoms with Crippen LogP contribution in [0.1, 0.15) is 64.1 Å². The fourth-order valence-electron chi connectivity index (χ4n) is 3.54. The summed E-state index contributed by atoms with van der Waals surface area (Å²) in [7, 11) is 4.42. The molecule has 0 aromatic heterocycles. The fraction of sp³-hybridized carbons (Fsp3) is 0.684. The maximum Gasteiger partial charge on any atom is 0.0506 e. The van der Waals surface area contributed by atoms with Crippen LogP contribution in [0, 0.1) is 0 Å². The lowest BCUT2D eigenvalue weighted by molar-refractivity contribution is 0.0889. The van der Waals surface area contributed by atoms with Crippen molar-refractivity contribution in [2.24, 2.45) is 0 Å². The van der Waals surface area contributed by atoms with E-state index in [1.54, 1.807) is 0 Å². The molecule has 0 fully saturated rings. The third-order valence-electron chi connectivity index (χ3n) is 4.91. The van der Waals surface area contributed by atoms with E-state index in [0.717, 1.165) is 19.4 Å². The zero-order valence-corrected chi connectivity index (χ0v) is 14.9. The van der Waals surface area contributed by atoms with Crippen molar-refractivity contribution in [1.29, 1.82) is 0 Å². The Bertz CT molecular complexity index is 391. The molecule has 21 heavy (non-hydrogen) atoms. The van der Waals surface area contributed by atoms with Crippen LogP contribution < -0.4 is 5.32 Å². The van der Waals surface area contributed by atoms with Gasteiger partial charge in [-0.1, -0.05) is 58.4 Å². The molecule has 2 nitrogen and oxygen atoms in total. The predicted molar refractivity (Wildman–Crippen MR) is 93.9 cm³/mol. The molecule has 0 radical (unpaired) electrons. The summed E-state index contributed by atoms with van der Waals surface area (Å²) < 4.78 is 0. The van der Waals surface area contributed by atoms with E-state index in [-0.39, 0.29) is 5.54 Å². The second kappa shape index (κ2) is 8.55. The molecule has 0 heterocycles. The summed E-state index contributed by atoms with van der Waals surface area (Å²) in [5.41, 5.74) is 3.02. The number of aryl methyl sites for hydroxylation is 1. The van der Waals surface area contributed by atoms with Gasteiger partial charge in [-0.15, -0.1) is 0 Å². The lowest BCUT2D eigenvalue weighted by atomic mass is 9.79. The summed E-state index contributed by atoms with van der Waals surface area (Å²) in [6.45, 7) is 10.0. The van der Waals surface area contributed by atoms with Gasteiger partial charge in [0, 0.05) is 5.54 Å². The van der Waals surface area contributed by atoms with Crippen molar-refractivity contribution >= 4 is 0 Å². The summed E-state index contributed by atoms with van der Waals surface area (Å²) in [5, 5.41) is 3.73. The standard InChI is InChI=1S/C19H34N2/c1-7-11-16-12-14-17(15-13-16)18(20-10-4)19(8-2,9-3)21(5)6/h12-15,18,20H,7-11H2,1-6H3. The van der Waals surface area contributed by atoms with Gasteiger partial charge in [-0.3, -0.25) is 0 Å². The quantitative estimate of drug-likeness (QED) is 0.724. The van der Waals surface area contributed by atoms with E-state index in [2.05, 4.69) is 76.3 Å². The van der Waals surface area contributed by atoms with Crippen molar-refractivity contribution in [3.8, 4) is 0 Å². The van der Waals surface area contributed by atoms with E-state index in [1.165, 1.54) is 24.0 Å². The zero-order valence-electron chi connectivity index (χ0n) is 14.9. The Hall–Kier alpha value is -0.860. The van der Waals surface area contributed by atoms with E-state index in [0.29, 0.717) is 6.04 Å². The Kier molecular flexibility index (Phi) is 7.41. The number of hydrogen-bond donors (Lipinski definition) is 1. The molecule has 0 saturated carbocycles. The van der Waals surface area contributed by atoms with Crippen molar-refractivity contribution in [3.05, 3.63) is 35.4 Å². The molecule has 2 heteroatoms. The molecular weight excluding hydrogens is 256 g/mol. The van der Waals surface area contributed by atoms with Gasteiger partial charge in [0.25, 0.3) is 0 Å². The first kappa shape index (κ1) is 18.2. The van der Waals surface area contributed by atoms with Crippen molar-refractivity contribution in [3.63, 3.8) is 0 Å². The van der Waals surface area contributed by atoms with Gasteiger partial charge in [-0.2, -0.15) is 0 Å². The van der Waals surface area contributed by atoms with Gasteiger partial charge >= 0.3 is 0 Å². The highest BCUT2D eigenvalue weighted by Crippen LogP contribution is 2.36. The Morgan fingerprint density at radius 2 is 1.57 bits per heavy atom. The normalized spacial score (nSPS) is 13.7. The molecule has 1 N–H and O–H groups in total. The molecule has 1 unspecified atom stereocenters. The average molecular weight is 290 g/mol. The summed E-state index contributed by atoms with van der Waals surface area (Å²) >= 11 is 0. The topological polar surface area (TPSA) is 15.3 Å². The minimum atomic E-state index is 0.169. The maximum atomic E-state index is 3.73. The Balaban J connectivity index is 3.14. The van der Waals surface area contributed by atoms with Crippen molar-refractivity contribution in [2.75, 3.05) is 20.6 Å². The van der Waals surface area contributed by atoms with Crippen LogP contribution in [0.4, 0.5) is 0 Å². The minimum absolute atomic E-state index is 0.169. The largest absolute Gasteiger partial charge is 0.309 e. The van der Waals surface area contributed by atoms with Gasteiger partial charge in [0.05, 0.1) is 6.04 Å². The molecule has 1 aromatic rings. The van der Waals surface area contributed by atoms with E-state index < -0.39 is 0 Å². The molecule has 0 saturated heterocycles. The molecule has 0 aliphatic heterocycles. The number of hydrogen-bond acceptors (Lipinski definition) is 2. The van der Waals surface area contributed by atoms with Gasteiger partial charge in [-0.05, 0) is 51.0 Å². The van der Waals surface area contributed by atoms with Crippen LogP contribution in [0.5, 0.6) is 0 Å². The highest BCUT2D eigenvalue weighted by atomic mass is 15.2. The smallest absolute Gasteiger partial charge is 0.0506 e. The van der Waals surface area contributed by atoms with Gasteiger partial charge in [-0.25, -0.2) is 0 Å². The number of nitrogens with one attached hydrogen (secondary N) is 1. The second-order valence-electron chi connectivity index (χ2n) is 6.19. The third kappa shape index (κ3) is 4.08. The lowest BCUT2D eigenvalue weighted by Crippen LogP contribution is -2.53. The lowest BCUT2D eigenvalue weighted by Gasteiger charge is -2.46. The third-order valence-corrected chi connectivity index (χ3v) is 4.91. The highest BCUT2D eigenvalue weighted by Gasteiger charge is 2.38. The van der Waals surface area contributed by atoms with Crippen LogP contribution in [0.2, 0.25) is 0 Å². The van der Waals surface area contributed by atoms with E-state index >= 15 is 0 Å². The molecule has 0 aliphatic carbocycles. The number of likely N-dealkylation sites (N-methyl/N-ethyl adjacent to an activating group) is 2.